The molecule has 0 spiro atoms. The Balaban J connectivity index is 0.00000420. The summed E-state index contributed by atoms with van der Waals surface area (Å²) in [6, 6.07) is 13.5. The number of unbranched alkanes of at least 4 members (excludes halogenated alkanes) is 1. The lowest BCUT2D eigenvalue weighted by Gasteiger charge is -2.13. The Morgan fingerprint density at radius 1 is 1.00 bits per heavy atom. The molecule has 0 radical (unpaired) electrons. The molecule has 206 valence electrons. The topological polar surface area (TPSA) is 105 Å². The molecule has 3 aromatic carbocycles. The van der Waals surface area contributed by atoms with Crippen LogP contribution in [0.25, 0.3) is 11.0 Å². The van der Waals surface area contributed by atoms with E-state index < -0.39 is 11.8 Å². The molecule has 0 aliphatic rings. The molecule has 0 saturated heterocycles. The van der Waals surface area contributed by atoms with E-state index in [1.54, 1.807) is 55.6 Å². The van der Waals surface area contributed by atoms with E-state index in [2.05, 4.69) is 27.5 Å². The number of methoxy groups -OCH3 is 1. The van der Waals surface area contributed by atoms with Gasteiger partial charge < -0.3 is 25.1 Å². The van der Waals surface area contributed by atoms with Crippen LogP contribution in [0.15, 0.2) is 48.5 Å². The zero-order chi connectivity index (χ0) is 27.2. The standard InChI is InChI=1S/C28H28Cl2N4O4.ClH/c1-4-5-11-38-18-9-10-22(30)19(14-18)27(35)31-17-12-20(26-24(13-17)32-25(34-26)15-37-3)28(36)33-23-8-6-7-21(29)16(23)2;/h6-10,12-14H,4-5,11,15H2,1-3H3,(H,31,35)(H,32,34)(H,33,36);1H. The van der Waals surface area contributed by atoms with Crippen molar-refractivity contribution in [1.29, 1.82) is 0 Å². The second-order valence-electron chi connectivity index (χ2n) is 8.70. The van der Waals surface area contributed by atoms with E-state index in [1.165, 1.54) is 0 Å². The summed E-state index contributed by atoms with van der Waals surface area (Å²) in [6.07, 6.45) is 1.90. The van der Waals surface area contributed by atoms with Gasteiger partial charge in [0.2, 0.25) is 0 Å². The second-order valence-corrected chi connectivity index (χ2v) is 9.52. The van der Waals surface area contributed by atoms with E-state index in [0.29, 0.717) is 45.6 Å². The summed E-state index contributed by atoms with van der Waals surface area (Å²) >= 11 is 12.6. The van der Waals surface area contributed by atoms with E-state index >= 15 is 0 Å². The summed E-state index contributed by atoms with van der Waals surface area (Å²) in [5.74, 6) is 0.248. The minimum Gasteiger partial charge on any atom is -0.494 e. The number of carbonyl (C=O) groups excluding carboxylic acids is 2. The summed E-state index contributed by atoms with van der Waals surface area (Å²) < 4.78 is 10.9. The number of benzene rings is 3. The predicted octanol–water partition coefficient (Wildman–Crippen LogP) is 7.43. The maximum atomic E-state index is 13.4. The first-order valence-corrected chi connectivity index (χ1v) is 12.9. The van der Waals surface area contributed by atoms with Crippen LogP contribution in [-0.4, -0.2) is 35.5 Å². The molecule has 39 heavy (non-hydrogen) atoms. The van der Waals surface area contributed by atoms with Crippen LogP contribution in [0.3, 0.4) is 0 Å². The Labute approximate surface area is 242 Å². The monoisotopic (exact) mass is 590 g/mol. The molecular formula is C28H29Cl3N4O4. The molecule has 1 heterocycles. The number of aromatic amines is 1. The molecule has 0 bridgehead atoms. The van der Waals surface area contributed by atoms with Crippen LogP contribution in [-0.2, 0) is 11.3 Å². The first-order valence-electron chi connectivity index (χ1n) is 12.1. The minimum absolute atomic E-state index is 0. The van der Waals surface area contributed by atoms with E-state index in [0.717, 1.165) is 18.4 Å². The van der Waals surface area contributed by atoms with E-state index in [1.807, 2.05) is 6.92 Å². The number of rotatable bonds is 10. The molecule has 0 unspecified atom stereocenters. The predicted molar refractivity (Wildman–Crippen MR) is 158 cm³/mol. The van der Waals surface area contributed by atoms with Gasteiger partial charge in [-0.2, -0.15) is 0 Å². The number of H-pyrrole nitrogens is 1. The number of carbonyl (C=O) groups is 2. The van der Waals surface area contributed by atoms with Crippen molar-refractivity contribution in [2.45, 2.75) is 33.3 Å². The average Bonchev–Trinajstić information content (AvgIpc) is 3.30. The molecule has 8 nitrogen and oxygen atoms in total. The van der Waals surface area contributed by atoms with E-state index in [9.17, 15) is 9.59 Å². The molecule has 4 aromatic rings. The molecule has 1 aromatic heterocycles. The number of nitrogens with zero attached hydrogens (tertiary/aromatic N) is 1. The summed E-state index contributed by atoms with van der Waals surface area (Å²) in [5.41, 5.74) is 3.22. The number of hydrogen-bond donors (Lipinski definition) is 3. The molecular weight excluding hydrogens is 563 g/mol. The van der Waals surface area contributed by atoms with Crippen LogP contribution >= 0.6 is 35.6 Å². The van der Waals surface area contributed by atoms with Crippen LogP contribution in [0.4, 0.5) is 11.4 Å². The summed E-state index contributed by atoms with van der Waals surface area (Å²) in [4.78, 5) is 34.3. The molecule has 2 amide bonds. The van der Waals surface area contributed by atoms with Crippen molar-refractivity contribution in [1.82, 2.24) is 9.97 Å². The number of fused-ring (bicyclic) bond motifs is 1. The van der Waals surface area contributed by atoms with Gasteiger partial charge in [-0.3, -0.25) is 9.59 Å². The van der Waals surface area contributed by atoms with Gasteiger partial charge in [0, 0.05) is 23.5 Å². The van der Waals surface area contributed by atoms with Crippen molar-refractivity contribution >= 4 is 69.8 Å². The van der Waals surface area contributed by atoms with Gasteiger partial charge in [-0.1, -0.05) is 42.6 Å². The fourth-order valence-corrected chi connectivity index (χ4v) is 4.23. The zero-order valence-corrected chi connectivity index (χ0v) is 24.0. The summed E-state index contributed by atoms with van der Waals surface area (Å²) in [7, 11) is 1.55. The highest BCUT2D eigenvalue weighted by Crippen LogP contribution is 2.28. The largest absolute Gasteiger partial charge is 0.494 e. The Bertz CT molecular complexity index is 1490. The van der Waals surface area contributed by atoms with Crippen molar-refractivity contribution in [2.24, 2.45) is 0 Å². The first-order chi connectivity index (χ1) is 18.3. The quantitative estimate of drug-likeness (QED) is 0.166. The highest BCUT2D eigenvalue weighted by atomic mass is 35.5. The maximum Gasteiger partial charge on any atom is 0.258 e. The Morgan fingerprint density at radius 2 is 1.77 bits per heavy atom. The molecule has 0 aliphatic carbocycles. The van der Waals surface area contributed by atoms with E-state index in [4.69, 9.17) is 32.7 Å². The van der Waals surface area contributed by atoms with Gasteiger partial charge in [0.25, 0.3) is 11.8 Å². The van der Waals surface area contributed by atoms with Gasteiger partial charge >= 0.3 is 0 Å². The highest BCUT2D eigenvalue weighted by Gasteiger charge is 2.19. The molecule has 0 atom stereocenters. The number of nitrogens with one attached hydrogen (secondary N) is 3. The fourth-order valence-electron chi connectivity index (χ4n) is 3.85. The SMILES string of the molecule is CCCCOc1ccc(Cl)c(C(=O)Nc2cc(C(=O)Nc3cccc(Cl)c3C)c3nc(COC)[nH]c3c2)c1.Cl. The van der Waals surface area contributed by atoms with Crippen molar-refractivity contribution in [3.8, 4) is 5.75 Å². The van der Waals surface area contributed by atoms with Gasteiger partial charge in [-0.25, -0.2) is 4.98 Å². The van der Waals surface area contributed by atoms with Crippen molar-refractivity contribution in [3.63, 3.8) is 0 Å². The number of hydrogen-bond acceptors (Lipinski definition) is 5. The van der Waals surface area contributed by atoms with Gasteiger partial charge in [-0.05, 0) is 61.4 Å². The minimum atomic E-state index is -0.441. The normalized spacial score (nSPS) is 10.7. The lowest BCUT2D eigenvalue weighted by atomic mass is 10.1. The number of anilines is 2. The van der Waals surface area contributed by atoms with Crippen molar-refractivity contribution in [2.75, 3.05) is 24.4 Å². The zero-order valence-electron chi connectivity index (χ0n) is 21.7. The van der Waals surface area contributed by atoms with Crippen LogP contribution in [0.1, 0.15) is 51.9 Å². The first kappa shape index (κ1) is 30.2. The fraction of sp³-hybridized carbons (Fsp3) is 0.250. The Morgan fingerprint density at radius 3 is 2.51 bits per heavy atom. The van der Waals surface area contributed by atoms with Gasteiger partial charge in [0.1, 0.15) is 23.7 Å². The van der Waals surface area contributed by atoms with Gasteiger partial charge in [0.05, 0.1) is 28.3 Å². The Hall–Kier alpha value is -3.30. The third-order valence-corrected chi connectivity index (χ3v) is 6.62. The van der Waals surface area contributed by atoms with Crippen molar-refractivity contribution in [3.05, 3.63) is 81.1 Å². The number of imidazole rings is 1. The third-order valence-electron chi connectivity index (χ3n) is 5.88. The summed E-state index contributed by atoms with van der Waals surface area (Å²) in [6.45, 7) is 4.66. The number of ether oxygens (including phenoxy) is 2. The molecule has 0 fully saturated rings. The summed E-state index contributed by atoms with van der Waals surface area (Å²) in [5, 5.41) is 6.56. The van der Waals surface area contributed by atoms with Crippen molar-refractivity contribution < 1.29 is 19.1 Å². The molecule has 4 rings (SSSR count). The Kier molecular flexibility index (Phi) is 10.6. The molecule has 3 N–H and O–H groups in total. The lowest BCUT2D eigenvalue weighted by Crippen LogP contribution is -2.16. The number of amides is 2. The number of aromatic nitrogens is 2. The molecule has 11 heteroatoms. The highest BCUT2D eigenvalue weighted by molar-refractivity contribution is 6.34. The molecule has 0 saturated carbocycles. The van der Waals surface area contributed by atoms with Crippen LogP contribution < -0.4 is 15.4 Å². The number of halogens is 3. The maximum absolute atomic E-state index is 13.4. The van der Waals surface area contributed by atoms with Crippen LogP contribution in [0.5, 0.6) is 5.75 Å². The van der Waals surface area contributed by atoms with Crippen LogP contribution in [0.2, 0.25) is 10.0 Å². The lowest BCUT2D eigenvalue weighted by molar-refractivity contribution is 0.101. The van der Waals surface area contributed by atoms with Crippen LogP contribution in [0, 0.1) is 6.92 Å². The second kappa shape index (κ2) is 13.7. The third kappa shape index (κ3) is 7.22. The van der Waals surface area contributed by atoms with E-state index in [-0.39, 0.29) is 35.2 Å². The van der Waals surface area contributed by atoms with Gasteiger partial charge in [0.15, 0.2) is 0 Å². The smallest absolute Gasteiger partial charge is 0.258 e. The average molecular weight is 592 g/mol. The molecule has 0 aliphatic heterocycles. The van der Waals surface area contributed by atoms with Gasteiger partial charge in [-0.15, -0.1) is 12.4 Å².